The smallest absolute Gasteiger partial charge is 0.246 e. The first-order valence-electron chi connectivity index (χ1n) is 8.87. The quantitative estimate of drug-likeness (QED) is 0.774. The van der Waals surface area contributed by atoms with Crippen LogP contribution in [0.1, 0.15) is 19.4 Å². The second kappa shape index (κ2) is 8.47. The van der Waals surface area contributed by atoms with E-state index in [-0.39, 0.29) is 12.0 Å². The predicted molar refractivity (Wildman–Crippen MR) is 102 cm³/mol. The van der Waals surface area contributed by atoms with Crippen LogP contribution in [0.5, 0.6) is 5.75 Å². The summed E-state index contributed by atoms with van der Waals surface area (Å²) in [5, 5.41) is 0. The van der Waals surface area contributed by atoms with E-state index in [1.165, 1.54) is 0 Å². The number of amides is 1. The Bertz CT molecular complexity index is 753. The largest absolute Gasteiger partial charge is 0.491 e. The molecule has 0 saturated carbocycles. The minimum Gasteiger partial charge on any atom is -0.491 e. The Kier molecular flexibility index (Phi) is 5.84. The van der Waals surface area contributed by atoms with E-state index in [0.717, 1.165) is 30.4 Å². The minimum absolute atomic E-state index is 0.0220. The fourth-order valence-corrected chi connectivity index (χ4v) is 2.82. The van der Waals surface area contributed by atoms with Gasteiger partial charge < -0.3 is 14.5 Å². The number of ether oxygens (including phenoxy) is 1. The molecule has 1 amide bonds. The zero-order valence-electron chi connectivity index (χ0n) is 15.2. The Morgan fingerprint density at radius 3 is 2.54 bits per heavy atom. The van der Waals surface area contributed by atoms with E-state index in [9.17, 15) is 4.79 Å². The zero-order chi connectivity index (χ0) is 18.4. The molecular weight excluding hydrogens is 328 g/mol. The maximum Gasteiger partial charge on any atom is 0.246 e. The van der Waals surface area contributed by atoms with E-state index in [2.05, 4.69) is 14.9 Å². The molecule has 0 aliphatic carbocycles. The molecule has 0 bridgehead atoms. The molecular formula is C20H24N4O2. The van der Waals surface area contributed by atoms with Gasteiger partial charge in [-0.05, 0) is 43.7 Å². The van der Waals surface area contributed by atoms with Crippen molar-refractivity contribution < 1.29 is 9.53 Å². The highest BCUT2D eigenvalue weighted by Crippen LogP contribution is 2.16. The molecule has 2 heterocycles. The third-order valence-corrected chi connectivity index (χ3v) is 4.07. The molecule has 1 saturated heterocycles. The predicted octanol–water partition coefficient (Wildman–Crippen LogP) is 2.63. The van der Waals surface area contributed by atoms with Gasteiger partial charge in [-0.1, -0.05) is 12.1 Å². The Labute approximate surface area is 154 Å². The Morgan fingerprint density at radius 2 is 1.85 bits per heavy atom. The van der Waals surface area contributed by atoms with Crippen LogP contribution >= 0.6 is 0 Å². The summed E-state index contributed by atoms with van der Waals surface area (Å²) in [6.07, 6.45) is 7.06. The minimum atomic E-state index is 0.0220. The summed E-state index contributed by atoms with van der Waals surface area (Å²) in [6, 6.07) is 9.55. The van der Waals surface area contributed by atoms with E-state index in [1.807, 2.05) is 49.1 Å². The Morgan fingerprint density at radius 1 is 1.12 bits per heavy atom. The van der Waals surface area contributed by atoms with Gasteiger partial charge in [-0.2, -0.15) is 0 Å². The van der Waals surface area contributed by atoms with Crippen molar-refractivity contribution in [3.05, 3.63) is 54.4 Å². The summed E-state index contributed by atoms with van der Waals surface area (Å²) in [4.78, 5) is 24.9. The monoisotopic (exact) mass is 352 g/mol. The van der Waals surface area contributed by atoms with E-state index in [4.69, 9.17) is 4.74 Å². The first-order valence-corrected chi connectivity index (χ1v) is 8.87. The van der Waals surface area contributed by atoms with Gasteiger partial charge in [0, 0.05) is 44.6 Å². The number of piperazine rings is 1. The second-order valence-corrected chi connectivity index (χ2v) is 6.43. The van der Waals surface area contributed by atoms with Crippen LogP contribution in [0.4, 0.5) is 5.95 Å². The SMILES string of the molecule is CC(C)Oc1cccc(/C=C/C(=O)N2CCN(c3ncccn3)CC2)c1. The van der Waals surface area contributed by atoms with Gasteiger partial charge in [0.2, 0.25) is 11.9 Å². The van der Waals surface area contributed by atoms with E-state index >= 15 is 0 Å². The first-order chi connectivity index (χ1) is 12.6. The number of aromatic nitrogens is 2. The van der Waals surface area contributed by atoms with Crippen LogP contribution < -0.4 is 9.64 Å². The van der Waals surface area contributed by atoms with Crippen LogP contribution in [0.15, 0.2) is 48.8 Å². The second-order valence-electron chi connectivity index (χ2n) is 6.43. The summed E-state index contributed by atoms with van der Waals surface area (Å²) in [6.45, 7) is 6.79. The molecule has 6 nitrogen and oxygen atoms in total. The van der Waals surface area contributed by atoms with Crippen molar-refractivity contribution in [1.82, 2.24) is 14.9 Å². The van der Waals surface area contributed by atoms with Gasteiger partial charge in [0.05, 0.1) is 6.10 Å². The average Bonchev–Trinajstić information content (AvgIpc) is 2.67. The maximum absolute atomic E-state index is 12.4. The van der Waals surface area contributed by atoms with Crippen molar-refractivity contribution in [2.24, 2.45) is 0 Å². The normalized spacial score (nSPS) is 14.9. The van der Waals surface area contributed by atoms with Crippen LogP contribution in [-0.2, 0) is 4.79 Å². The molecule has 0 unspecified atom stereocenters. The molecule has 0 spiro atoms. The van der Waals surface area contributed by atoms with Gasteiger partial charge in [0.25, 0.3) is 0 Å². The van der Waals surface area contributed by atoms with Gasteiger partial charge >= 0.3 is 0 Å². The average molecular weight is 352 g/mol. The van der Waals surface area contributed by atoms with Crippen LogP contribution in [0.25, 0.3) is 6.08 Å². The first kappa shape index (κ1) is 17.9. The fourth-order valence-electron chi connectivity index (χ4n) is 2.82. The number of benzene rings is 1. The van der Waals surface area contributed by atoms with Crippen molar-refractivity contribution >= 4 is 17.9 Å². The van der Waals surface area contributed by atoms with E-state index in [0.29, 0.717) is 13.1 Å². The van der Waals surface area contributed by atoms with Crippen LogP contribution in [0.2, 0.25) is 0 Å². The van der Waals surface area contributed by atoms with E-state index < -0.39 is 0 Å². The number of carbonyl (C=O) groups is 1. The summed E-state index contributed by atoms with van der Waals surface area (Å²) in [5.74, 6) is 1.55. The molecule has 1 aromatic heterocycles. The number of hydrogen-bond donors (Lipinski definition) is 0. The Balaban J connectivity index is 1.55. The number of nitrogens with zero attached hydrogens (tertiary/aromatic N) is 4. The summed E-state index contributed by atoms with van der Waals surface area (Å²) in [5.41, 5.74) is 0.952. The molecule has 6 heteroatoms. The van der Waals surface area contributed by atoms with Crippen molar-refractivity contribution in [1.29, 1.82) is 0 Å². The van der Waals surface area contributed by atoms with Gasteiger partial charge in [-0.15, -0.1) is 0 Å². The lowest BCUT2D eigenvalue weighted by atomic mass is 10.2. The maximum atomic E-state index is 12.4. The number of carbonyl (C=O) groups excluding carboxylic acids is 1. The Hall–Kier alpha value is -2.89. The molecule has 0 radical (unpaired) electrons. The molecule has 1 fully saturated rings. The van der Waals surface area contributed by atoms with Gasteiger partial charge in [0.1, 0.15) is 5.75 Å². The number of rotatable bonds is 5. The van der Waals surface area contributed by atoms with Crippen LogP contribution in [0.3, 0.4) is 0 Å². The molecule has 0 atom stereocenters. The van der Waals surface area contributed by atoms with Crippen molar-refractivity contribution in [3.8, 4) is 5.75 Å². The standard InChI is InChI=1S/C20H24N4O2/c1-16(2)26-18-6-3-5-17(15-18)7-8-19(25)23-11-13-24(14-12-23)20-21-9-4-10-22-20/h3-10,15-16H,11-14H2,1-2H3/b8-7+. The van der Waals surface area contributed by atoms with Crippen molar-refractivity contribution in [2.75, 3.05) is 31.1 Å². The highest BCUT2D eigenvalue weighted by atomic mass is 16.5. The third kappa shape index (κ3) is 4.81. The zero-order valence-corrected chi connectivity index (χ0v) is 15.2. The molecule has 1 aliphatic heterocycles. The van der Waals surface area contributed by atoms with Gasteiger partial charge in [-0.3, -0.25) is 4.79 Å². The van der Waals surface area contributed by atoms with Crippen molar-refractivity contribution in [2.45, 2.75) is 20.0 Å². The third-order valence-electron chi connectivity index (χ3n) is 4.07. The fraction of sp³-hybridized carbons (Fsp3) is 0.350. The van der Waals surface area contributed by atoms with Gasteiger partial charge in [-0.25, -0.2) is 9.97 Å². The molecule has 1 aliphatic rings. The molecule has 136 valence electrons. The lowest BCUT2D eigenvalue weighted by Gasteiger charge is -2.34. The molecule has 3 rings (SSSR count). The molecule has 26 heavy (non-hydrogen) atoms. The summed E-state index contributed by atoms with van der Waals surface area (Å²) < 4.78 is 5.69. The highest BCUT2D eigenvalue weighted by Gasteiger charge is 2.20. The van der Waals surface area contributed by atoms with Gasteiger partial charge in [0.15, 0.2) is 0 Å². The highest BCUT2D eigenvalue weighted by molar-refractivity contribution is 5.92. The summed E-state index contributed by atoms with van der Waals surface area (Å²) >= 11 is 0. The number of hydrogen-bond acceptors (Lipinski definition) is 5. The van der Waals surface area contributed by atoms with E-state index in [1.54, 1.807) is 24.5 Å². The lowest BCUT2D eigenvalue weighted by Crippen LogP contribution is -2.48. The topological polar surface area (TPSA) is 58.6 Å². The number of anilines is 1. The lowest BCUT2D eigenvalue weighted by molar-refractivity contribution is -0.126. The van der Waals surface area contributed by atoms with Crippen LogP contribution in [0, 0.1) is 0 Å². The summed E-state index contributed by atoms with van der Waals surface area (Å²) in [7, 11) is 0. The molecule has 1 aromatic carbocycles. The van der Waals surface area contributed by atoms with Crippen LogP contribution in [-0.4, -0.2) is 53.1 Å². The molecule has 0 N–H and O–H groups in total. The van der Waals surface area contributed by atoms with Crippen molar-refractivity contribution in [3.63, 3.8) is 0 Å². The molecule has 2 aromatic rings.